The van der Waals surface area contributed by atoms with Gasteiger partial charge in [0.2, 0.25) is 0 Å². The fraction of sp³-hybridized carbons (Fsp3) is 0.217. The van der Waals surface area contributed by atoms with Crippen LogP contribution in [0.2, 0.25) is 10.2 Å². The van der Waals surface area contributed by atoms with Gasteiger partial charge in [0.05, 0.1) is 11.4 Å². The van der Waals surface area contributed by atoms with Crippen LogP contribution in [0.5, 0.6) is 0 Å². The highest BCUT2D eigenvalue weighted by Gasteiger charge is 2.27. The average Bonchev–Trinajstić information content (AvgIpc) is 3.33. The van der Waals surface area contributed by atoms with Gasteiger partial charge >= 0.3 is 0 Å². The fourth-order valence-corrected chi connectivity index (χ4v) is 6.24. The summed E-state index contributed by atoms with van der Waals surface area (Å²) in [4.78, 5) is 17.1. The van der Waals surface area contributed by atoms with Crippen molar-refractivity contribution in [3.63, 3.8) is 0 Å². The number of hydrogen-bond acceptors (Lipinski definition) is 5. The van der Waals surface area contributed by atoms with Crippen LogP contribution < -0.4 is 4.72 Å². The summed E-state index contributed by atoms with van der Waals surface area (Å²) in [5.41, 5.74) is 0.776. The maximum Gasteiger partial charge on any atom is 0.284 e. The first-order valence-corrected chi connectivity index (χ1v) is 13.6. The van der Waals surface area contributed by atoms with Crippen molar-refractivity contribution in [2.75, 3.05) is 0 Å². The molecule has 0 saturated carbocycles. The second-order valence-electron chi connectivity index (χ2n) is 7.62. The van der Waals surface area contributed by atoms with Gasteiger partial charge in [0.25, 0.3) is 15.9 Å². The molecule has 6 nitrogen and oxygen atoms in total. The third-order valence-corrected chi connectivity index (χ3v) is 8.16. The van der Waals surface area contributed by atoms with E-state index in [0.29, 0.717) is 17.3 Å². The van der Waals surface area contributed by atoms with E-state index in [1.54, 1.807) is 10.6 Å². The minimum Gasteiger partial charge on any atom is -0.318 e. The van der Waals surface area contributed by atoms with Gasteiger partial charge in [0.15, 0.2) is 5.15 Å². The number of halogens is 3. The molecule has 4 rings (SSSR count). The second kappa shape index (κ2) is 10.0. The molecule has 178 valence electrons. The van der Waals surface area contributed by atoms with Gasteiger partial charge < -0.3 is 4.57 Å². The molecule has 2 heterocycles. The molecule has 2 aromatic carbocycles. The quantitative estimate of drug-likeness (QED) is 0.295. The number of sulfonamides is 1. The molecule has 0 saturated heterocycles. The smallest absolute Gasteiger partial charge is 0.284 e. The average molecular weight is 540 g/mol. The summed E-state index contributed by atoms with van der Waals surface area (Å²) >= 11 is 14.3. The number of amides is 1. The molecule has 11 heteroatoms. The number of benzene rings is 2. The van der Waals surface area contributed by atoms with Gasteiger partial charge in [0, 0.05) is 21.5 Å². The molecule has 0 radical (unpaired) electrons. The van der Waals surface area contributed by atoms with Crippen molar-refractivity contribution in [2.45, 2.75) is 37.6 Å². The summed E-state index contributed by atoms with van der Waals surface area (Å²) in [6, 6.07) is 10.0. The number of aromatic nitrogens is 2. The third-order valence-electron chi connectivity index (χ3n) is 5.26. The summed E-state index contributed by atoms with van der Waals surface area (Å²) in [6.45, 7) is 2.26. The zero-order chi connectivity index (χ0) is 24.5. The number of unbranched alkanes of at least 4 members (excludes halogenated alkanes) is 1. The van der Waals surface area contributed by atoms with Crippen LogP contribution in [0.15, 0.2) is 52.7 Å². The van der Waals surface area contributed by atoms with Gasteiger partial charge in [-0.05, 0) is 47.7 Å². The molecule has 0 aliphatic carbocycles. The molecule has 0 unspecified atom stereocenters. The van der Waals surface area contributed by atoms with Gasteiger partial charge in [-0.3, -0.25) is 4.79 Å². The molecule has 34 heavy (non-hydrogen) atoms. The lowest BCUT2D eigenvalue weighted by Gasteiger charge is -2.13. The van der Waals surface area contributed by atoms with Gasteiger partial charge in [-0.25, -0.2) is 22.5 Å². The highest BCUT2D eigenvalue weighted by Crippen LogP contribution is 2.33. The molecule has 2 aromatic heterocycles. The highest BCUT2D eigenvalue weighted by atomic mass is 35.5. The van der Waals surface area contributed by atoms with E-state index in [-0.39, 0.29) is 22.3 Å². The lowest BCUT2D eigenvalue weighted by Crippen LogP contribution is -2.32. The molecular formula is C23H20Cl2FN3O3S2. The van der Waals surface area contributed by atoms with Crippen molar-refractivity contribution in [1.82, 2.24) is 14.3 Å². The topological polar surface area (TPSA) is 81.1 Å². The van der Waals surface area contributed by atoms with Gasteiger partial charge in [-0.1, -0.05) is 48.7 Å². The third kappa shape index (κ3) is 4.98. The number of carbonyl (C=O) groups is 1. The highest BCUT2D eigenvalue weighted by molar-refractivity contribution is 7.90. The molecule has 0 bridgehead atoms. The normalized spacial score (nSPS) is 11.8. The summed E-state index contributed by atoms with van der Waals surface area (Å²) in [6.07, 6.45) is 2.25. The number of carbonyl (C=O) groups excluding carboxylic acids is 1. The molecular weight excluding hydrogens is 520 g/mol. The summed E-state index contributed by atoms with van der Waals surface area (Å²) in [7, 11) is -4.33. The number of imidazole rings is 1. The standard InChI is InChI=1S/C23H20Cl2FN3O3S2/c1-2-3-10-19-27-22(25)21(23(30)28-34(31,32)16-7-4-6-15(26)11-16)29(19)12-14-13-33-18-9-5-8-17(24)20(14)18/h4-9,11,13H,2-3,10,12H2,1H3,(H,28,30). The van der Waals surface area contributed by atoms with Crippen LogP contribution in [0.25, 0.3) is 10.1 Å². The van der Waals surface area contributed by atoms with Gasteiger partial charge in [-0.2, -0.15) is 0 Å². The Bertz CT molecular complexity index is 1480. The predicted octanol–water partition coefficient (Wildman–Crippen LogP) is 6.05. The predicted molar refractivity (Wildman–Crippen MR) is 133 cm³/mol. The van der Waals surface area contributed by atoms with Crippen LogP contribution in [-0.4, -0.2) is 23.9 Å². The first-order chi connectivity index (χ1) is 16.2. The van der Waals surface area contributed by atoms with E-state index in [4.69, 9.17) is 23.2 Å². The fourth-order valence-electron chi connectivity index (χ4n) is 3.64. The van der Waals surface area contributed by atoms with Crippen LogP contribution in [0.4, 0.5) is 4.39 Å². The molecule has 0 fully saturated rings. The Labute approximate surface area is 210 Å². The van der Waals surface area contributed by atoms with Gasteiger partial charge in [0.1, 0.15) is 17.3 Å². The van der Waals surface area contributed by atoms with Gasteiger partial charge in [-0.15, -0.1) is 11.3 Å². The zero-order valence-corrected chi connectivity index (χ0v) is 21.2. The minimum absolute atomic E-state index is 0.0841. The molecule has 1 N–H and O–H groups in total. The Hall–Kier alpha value is -2.46. The number of thiophene rings is 1. The lowest BCUT2D eigenvalue weighted by molar-refractivity contribution is 0.0972. The van der Waals surface area contributed by atoms with Crippen molar-refractivity contribution in [3.05, 3.63) is 80.9 Å². The Morgan fingerprint density at radius 3 is 2.71 bits per heavy atom. The van der Waals surface area contributed by atoms with Crippen LogP contribution in [-0.2, 0) is 23.0 Å². The SMILES string of the molecule is CCCCc1nc(Cl)c(C(=O)NS(=O)(=O)c2cccc(F)c2)n1Cc1csc2cccc(Cl)c12. The first-order valence-electron chi connectivity index (χ1n) is 10.4. The Balaban J connectivity index is 1.75. The van der Waals surface area contributed by atoms with E-state index in [1.807, 2.05) is 29.2 Å². The van der Waals surface area contributed by atoms with Crippen LogP contribution in [0.3, 0.4) is 0 Å². The summed E-state index contributed by atoms with van der Waals surface area (Å²) in [5, 5.41) is 3.27. The van der Waals surface area contributed by atoms with E-state index in [9.17, 15) is 17.6 Å². The van der Waals surface area contributed by atoms with Crippen molar-refractivity contribution < 1.29 is 17.6 Å². The summed E-state index contributed by atoms with van der Waals surface area (Å²) in [5.74, 6) is -1.12. The molecule has 1 amide bonds. The first kappa shape index (κ1) is 24.7. The number of nitrogens with zero attached hydrogens (tertiary/aromatic N) is 2. The number of hydrogen-bond donors (Lipinski definition) is 1. The zero-order valence-electron chi connectivity index (χ0n) is 18.0. The maximum absolute atomic E-state index is 13.6. The van der Waals surface area contributed by atoms with Crippen LogP contribution >= 0.6 is 34.5 Å². The van der Waals surface area contributed by atoms with E-state index < -0.39 is 21.7 Å². The van der Waals surface area contributed by atoms with E-state index in [0.717, 1.165) is 40.6 Å². The van der Waals surface area contributed by atoms with E-state index >= 15 is 0 Å². The Kier molecular flexibility index (Phi) is 7.28. The van der Waals surface area contributed by atoms with Crippen molar-refractivity contribution in [3.8, 4) is 0 Å². The monoisotopic (exact) mass is 539 g/mol. The van der Waals surface area contributed by atoms with E-state index in [2.05, 4.69) is 4.98 Å². The van der Waals surface area contributed by atoms with Crippen molar-refractivity contribution >= 4 is 60.6 Å². The maximum atomic E-state index is 13.6. The molecule has 0 atom stereocenters. The molecule has 0 aliphatic rings. The molecule has 4 aromatic rings. The Morgan fingerprint density at radius 1 is 1.21 bits per heavy atom. The number of nitrogens with one attached hydrogen (secondary N) is 1. The van der Waals surface area contributed by atoms with Crippen LogP contribution in [0, 0.1) is 5.82 Å². The number of aryl methyl sites for hydroxylation is 1. The summed E-state index contributed by atoms with van der Waals surface area (Å²) < 4.78 is 43.6. The Morgan fingerprint density at radius 2 is 1.97 bits per heavy atom. The number of fused-ring (bicyclic) bond motifs is 1. The van der Waals surface area contributed by atoms with E-state index in [1.165, 1.54) is 23.5 Å². The van der Waals surface area contributed by atoms with Crippen molar-refractivity contribution in [1.29, 1.82) is 0 Å². The second-order valence-corrected chi connectivity index (χ2v) is 11.0. The van der Waals surface area contributed by atoms with Crippen LogP contribution in [0.1, 0.15) is 41.6 Å². The largest absolute Gasteiger partial charge is 0.318 e. The minimum atomic E-state index is -4.33. The molecule has 0 aliphatic heterocycles. The number of rotatable bonds is 8. The lowest BCUT2D eigenvalue weighted by atomic mass is 10.1. The molecule has 0 spiro atoms. The van der Waals surface area contributed by atoms with Crippen molar-refractivity contribution in [2.24, 2.45) is 0 Å².